The van der Waals surface area contributed by atoms with E-state index in [1.165, 1.54) is 16.2 Å². The van der Waals surface area contributed by atoms with Crippen LogP contribution in [0.5, 0.6) is 0 Å². The summed E-state index contributed by atoms with van der Waals surface area (Å²) in [4.78, 5) is 32.6. The molecule has 3 heterocycles. The fourth-order valence-corrected chi connectivity index (χ4v) is 4.37. The number of ether oxygens (including phenoxy) is 2. The van der Waals surface area contributed by atoms with Gasteiger partial charge in [-0.05, 0) is 38.0 Å². The van der Waals surface area contributed by atoms with Crippen molar-refractivity contribution < 1.29 is 14.3 Å². The molecule has 1 fully saturated rings. The van der Waals surface area contributed by atoms with Gasteiger partial charge >= 0.3 is 0 Å². The molecule has 1 aliphatic heterocycles. The Morgan fingerprint density at radius 2 is 2.10 bits per heavy atom. The van der Waals surface area contributed by atoms with Crippen LogP contribution in [0.4, 0.5) is 5.82 Å². The zero-order chi connectivity index (χ0) is 22.2. The Labute approximate surface area is 190 Å². The van der Waals surface area contributed by atoms with Crippen molar-refractivity contribution in [1.29, 1.82) is 0 Å². The summed E-state index contributed by atoms with van der Waals surface area (Å²) in [5.74, 6) is 0.239. The smallest absolute Gasteiger partial charge is 0.267 e. The molecule has 0 atom stereocenters. The Morgan fingerprint density at radius 1 is 1.26 bits per heavy atom. The highest BCUT2D eigenvalue weighted by Crippen LogP contribution is 2.33. The van der Waals surface area contributed by atoms with E-state index < -0.39 is 0 Å². The van der Waals surface area contributed by atoms with E-state index in [0.717, 1.165) is 6.42 Å². The van der Waals surface area contributed by atoms with Crippen LogP contribution >= 0.6 is 24.0 Å². The third-order valence-electron chi connectivity index (χ3n) is 4.61. The Bertz CT molecular complexity index is 1040. The fourth-order valence-electron chi connectivity index (χ4n) is 3.08. The van der Waals surface area contributed by atoms with E-state index in [9.17, 15) is 9.59 Å². The summed E-state index contributed by atoms with van der Waals surface area (Å²) in [7, 11) is 1.64. The van der Waals surface area contributed by atoms with Crippen molar-refractivity contribution in [2.24, 2.45) is 0 Å². The maximum atomic E-state index is 13.2. The van der Waals surface area contributed by atoms with Crippen LogP contribution in [0.15, 0.2) is 34.1 Å². The summed E-state index contributed by atoms with van der Waals surface area (Å²) >= 11 is 6.59. The number of thioether (sulfide) groups is 1. The van der Waals surface area contributed by atoms with Crippen LogP contribution in [0.2, 0.25) is 0 Å². The number of amides is 1. The average Bonchev–Trinajstić information content (AvgIpc) is 3.04. The van der Waals surface area contributed by atoms with Gasteiger partial charge in [0.1, 0.15) is 15.8 Å². The maximum Gasteiger partial charge on any atom is 0.267 e. The van der Waals surface area contributed by atoms with Crippen LogP contribution < -0.4 is 10.9 Å². The molecule has 0 aromatic carbocycles. The molecule has 1 amide bonds. The second kappa shape index (κ2) is 11.4. The molecule has 0 aliphatic carbocycles. The first-order chi connectivity index (χ1) is 15.1. The van der Waals surface area contributed by atoms with Gasteiger partial charge in [-0.15, -0.1) is 0 Å². The predicted octanol–water partition coefficient (Wildman–Crippen LogP) is 2.77. The van der Waals surface area contributed by atoms with E-state index in [1.807, 2.05) is 13.0 Å². The summed E-state index contributed by atoms with van der Waals surface area (Å²) in [6, 6.07) is 5.36. The first kappa shape index (κ1) is 23.4. The zero-order valence-electron chi connectivity index (χ0n) is 17.6. The van der Waals surface area contributed by atoms with E-state index in [0.29, 0.717) is 65.6 Å². The molecule has 2 aromatic rings. The van der Waals surface area contributed by atoms with Gasteiger partial charge in [0.15, 0.2) is 0 Å². The minimum atomic E-state index is -0.249. The van der Waals surface area contributed by atoms with Gasteiger partial charge in [0, 0.05) is 46.2 Å². The normalized spacial score (nSPS) is 15.4. The van der Waals surface area contributed by atoms with Gasteiger partial charge in [0.05, 0.1) is 10.5 Å². The number of rotatable bonds is 11. The topological polar surface area (TPSA) is 85.2 Å². The van der Waals surface area contributed by atoms with E-state index in [2.05, 4.69) is 10.3 Å². The molecule has 166 valence electrons. The highest BCUT2D eigenvalue weighted by Gasteiger charge is 2.32. The van der Waals surface area contributed by atoms with Crippen molar-refractivity contribution >= 4 is 51.7 Å². The van der Waals surface area contributed by atoms with Gasteiger partial charge in [-0.25, -0.2) is 4.98 Å². The molecule has 3 rings (SSSR count). The van der Waals surface area contributed by atoms with E-state index >= 15 is 0 Å². The highest BCUT2D eigenvalue weighted by molar-refractivity contribution is 8.26. The molecule has 0 saturated carbocycles. The van der Waals surface area contributed by atoms with Crippen molar-refractivity contribution in [2.45, 2.75) is 19.8 Å². The van der Waals surface area contributed by atoms with Gasteiger partial charge in [-0.1, -0.05) is 30.0 Å². The Morgan fingerprint density at radius 3 is 2.87 bits per heavy atom. The van der Waals surface area contributed by atoms with Gasteiger partial charge < -0.3 is 14.8 Å². The van der Waals surface area contributed by atoms with Crippen LogP contribution in [0.1, 0.15) is 25.3 Å². The van der Waals surface area contributed by atoms with Crippen LogP contribution in [-0.4, -0.2) is 64.5 Å². The largest absolute Gasteiger partial charge is 0.385 e. The van der Waals surface area contributed by atoms with Crippen molar-refractivity contribution in [3.63, 3.8) is 0 Å². The monoisotopic (exact) mass is 462 g/mol. The van der Waals surface area contributed by atoms with Gasteiger partial charge in [-0.2, -0.15) is 0 Å². The molecule has 31 heavy (non-hydrogen) atoms. The van der Waals surface area contributed by atoms with Crippen LogP contribution in [0, 0.1) is 0 Å². The van der Waals surface area contributed by atoms with Crippen LogP contribution in [-0.2, 0) is 14.3 Å². The van der Waals surface area contributed by atoms with Gasteiger partial charge in [0.2, 0.25) is 0 Å². The number of hydrogen-bond donors (Lipinski definition) is 1. The second-order valence-electron chi connectivity index (χ2n) is 6.77. The molecule has 10 heteroatoms. The Hall–Kier alpha value is -2.27. The molecular weight excluding hydrogens is 436 g/mol. The molecule has 1 aliphatic rings. The lowest BCUT2D eigenvalue weighted by molar-refractivity contribution is -0.122. The van der Waals surface area contributed by atoms with E-state index in [1.54, 1.807) is 36.4 Å². The molecule has 0 radical (unpaired) electrons. The average molecular weight is 463 g/mol. The van der Waals surface area contributed by atoms with Gasteiger partial charge in [-0.3, -0.25) is 18.9 Å². The van der Waals surface area contributed by atoms with Crippen molar-refractivity contribution in [1.82, 2.24) is 14.3 Å². The number of carbonyl (C=O) groups excluding carboxylic acids is 1. The van der Waals surface area contributed by atoms with Gasteiger partial charge in [0.25, 0.3) is 11.5 Å². The Kier molecular flexibility index (Phi) is 8.59. The first-order valence-electron chi connectivity index (χ1n) is 10.1. The van der Waals surface area contributed by atoms with Crippen LogP contribution in [0.3, 0.4) is 0 Å². The summed E-state index contributed by atoms with van der Waals surface area (Å²) in [5, 5.41) is 3.21. The quantitative estimate of drug-likeness (QED) is 0.310. The number of carbonyl (C=O) groups is 1. The molecular formula is C21H26N4O4S2. The van der Waals surface area contributed by atoms with Crippen LogP contribution in [0.25, 0.3) is 11.7 Å². The summed E-state index contributed by atoms with van der Waals surface area (Å²) in [6.45, 7) is 4.80. The number of anilines is 1. The lowest BCUT2D eigenvalue weighted by Crippen LogP contribution is -2.29. The summed E-state index contributed by atoms with van der Waals surface area (Å²) in [5.41, 5.74) is 0.611. The fraction of sp³-hybridized carbons (Fsp3) is 0.429. The SMILES string of the molecule is CCOCCCN1C(=O)C(=Cc2c(NCCCOC)nc3ccccn3c2=O)SC1=S. The summed E-state index contributed by atoms with van der Waals surface area (Å²) < 4.78 is 12.4. The molecule has 0 unspecified atom stereocenters. The molecule has 1 N–H and O–H groups in total. The number of thiocarbonyl (C=S) groups is 1. The third-order valence-corrected chi connectivity index (χ3v) is 5.99. The zero-order valence-corrected chi connectivity index (χ0v) is 19.3. The second-order valence-corrected chi connectivity index (χ2v) is 8.44. The first-order valence-corrected chi connectivity index (χ1v) is 11.4. The van der Waals surface area contributed by atoms with Crippen molar-refractivity contribution in [3.8, 4) is 0 Å². The number of methoxy groups -OCH3 is 1. The minimum Gasteiger partial charge on any atom is -0.385 e. The standard InChI is InChI=1S/C21H26N4O4S2/c1-3-29-13-7-11-25-20(27)16(31-21(25)30)14-15-18(22-9-6-12-28-2)23-17-8-4-5-10-24(17)19(15)26/h4-5,8,10,14,22H,3,6-7,9,11-13H2,1-2H3. The molecule has 0 bridgehead atoms. The molecule has 2 aromatic heterocycles. The lowest BCUT2D eigenvalue weighted by Gasteiger charge is -2.14. The highest BCUT2D eigenvalue weighted by atomic mass is 32.2. The van der Waals surface area contributed by atoms with Crippen molar-refractivity contribution in [2.75, 3.05) is 45.3 Å². The Balaban J connectivity index is 1.90. The third kappa shape index (κ3) is 5.70. The number of aromatic nitrogens is 2. The molecule has 0 spiro atoms. The van der Waals surface area contributed by atoms with E-state index in [-0.39, 0.29) is 11.5 Å². The maximum absolute atomic E-state index is 13.2. The number of hydrogen-bond acceptors (Lipinski definition) is 8. The molecule has 8 nitrogen and oxygen atoms in total. The molecule has 1 saturated heterocycles. The number of nitrogens with one attached hydrogen (secondary N) is 1. The van der Waals surface area contributed by atoms with Crippen molar-refractivity contribution in [3.05, 3.63) is 45.2 Å². The predicted molar refractivity (Wildman–Crippen MR) is 127 cm³/mol. The number of nitrogens with zero attached hydrogens (tertiary/aromatic N) is 3. The minimum absolute atomic E-state index is 0.200. The number of pyridine rings is 1. The number of fused-ring (bicyclic) bond motifs is 1. The van der Waals surface area contributed by atoms with E-state index in [4.69, 9.17) is 21.7 Å². The lowest BCUT2D eigenvalue weighted by atomic mass is 10.2. The summed E-state index contributed by atoms with van der Waals surface area (Å²) in [6.07, 6.45) is 4.71.